The fraction of sp³-hybridized carbons (Fsp3) is 0.250. The zero-order valence-corrected chi connectivity index (χ0v) is 6.86. The minimum atomic E-state index is 0.821. The number of aryl methyl sites for hydroxylation is 1. The first-order valence-electron chi connectivity index (χ1n) is 3.92. The number of aromatic amines is 1. The Morgan fingerprint density at radius 1 is 1.42 bits per heavy atom. The van der Waals surface area contributed by atoms with Gasteiger partial charge in [-0.1, -0.05) is 0 Å². The van der Waals surface area contributed by atoms with E-state index in [0.29, 0.717) is 0 Å². The lowest BCUT2D eigenvalue weighted by molar-refractivity contribution is 0.766. The SMILES string of the molecule is CCn1ccnc1-c1ncc[nH]1. The molecule has 0 saturated heterocycles. The minimum Gasteiger partial charge on any atom is -0.342 e. The van der Waals surface area contributed by atoms with Gasteiger partial charge in [-0.15, -0.1) is 0 Å². The summed E-state index contributed by atoms with van der Waals surface area (Å²) in [4.78, 5) is 11.3. The molecule has 4 nitrogen and oxygen atoms in total. The van der Waals surface area contributed by atoms with Crippen molar-refractivity contribution in [1.29, 1.82) is 0 Å². The molecule has 0 fully saturated rings. The maximum absolute atomic E-state index is 4.20. The lowest BCUT2D eigenvalue weighted by Crippen LogP contribution is -1.96. The van der Waals surface area contributed by atoms with Gasteiger partial charge in [0.25, 0.3) is 0 Å². The van der Waals surface area contributed by atoms with Gasteiger partial charge < -0.3 is 9.55 Å². The van der Waals surface area contributed by atoms with Crippen LogP contribution >= 0.6 is 0 Å². The second-order valence-corrected chi connectivity index (χ2v) is 2.47. The molecule has 0 unspecified atom stereocenters. The standard InChI is InChI=1S/C8H10N4/c1-2-12-6-5-11-8(12)7-9-3-4-10-7/h3-6H,2H2,1H3,(H,9,10). The Balaban J connectivity index is 2.46. The summed E-state index contributed by atoms with van der Waals surface area (Å²) >= 11 is 0. The van der Waals surface area contributed by atoms with Gasteiger partial charge in [-0.2, -0.15) is 0 Å². The highest BCUT2D eigenvalue weighted by molar-refractivity contribution is 5.42. The van der Waals surface area contributed by atoms with Crippen LogP contribution in [0, 0.1) is 0 Å². The fourth-order valence-corrected chi connectivity index (χ4v) is 1.17. The Morgan fingerprint density at radius 2 is 2.33 bits per heavy atom. The van der Waals surface area contributed by atoms with E-state index < -0.39 is 0 Å². The zero-order valence-electron chi connectivity index (χ0n) is 6.86. The number of hydrogen-bond donors (Lipinski definition) is 1. The van der Waals surface area contributed by atoms with Crippen molar-refractivity contribution in [2.24, 2.45) is 0 Å². The highest BCUT2D eigenvalue weighted by Crippen LogP contribution is 2.10. The topological polar surface area (TPSA) is 46.5 Å². The Labute approximate surface area is 70.3 Å². The van der Waals surface area contributed by atoms with Gasteiger partial charge in [0.05, 0.1) is 0 Å². The summed E-state index contributed by atoms with van der Waals surface area (Å²) in [5.41, 5.74) is 0. The quantitative estimate of drug-likeness (QED) is 0.723. The van der Waals surface area contributed by atoms with Gasteiger partial charge in [0, 0.05) is 31.3 Å². The summed E-state index contributed by atoms with van der Waals surface area (Å²) in [6.45, 7) is 2.99. The van der Waals surface area contributed by atoms with Crippen molar-refractivity contribution in [3.8, 4) is 11.6 Å². The average Bonchev–Trinajstić information content (AvgIpc) is 2.74. The van der Waals surface area contributed by atoms with E-state index in [0.717, 1.165) is 18.2 Å². The summed E-state index contributed by atoms with van der Waals surface area (Å²) in [6.07, 6.45) is 7.24. The van der Waals surface area contributed by atoms with Gasteiger partial charge in [0.2, 0.25) is 0 Å². The van der Waals surface area contributed by atoms with Crippen LogP contribution in [0.15, 0.2) is 24.8 Å². The van der Waals surface area contributed by atoms with Crippen molar-refractivity contribution >= 4 is 0 Å². The molecule has 0 bridgehead atoms. The molecule has 0 aliphatic rings. The van der Waals surface area contributed by atoms with Crippen LogP contribution in [0.3, 0.4) is 0 Å². The van der Waals surface area contributed by atoms with E-state index in [9.17, 15) is 0 Å². The molecule has 4 heteroatoms. The Hall–Kier alpha value is -1.58. The van der Waals surface area contributed by atoms with Crippen molar-refractivity contribution in [1.82, 2.24) is 19.5 Å². The van der Waals surface area contributed by atoms with Crippen LogP contribution in [-0.4, -0.2) is 19.5 Å². The molecule has 0 aliphatic carbocycles. The van der Waals surface area contributed by atoms with Gasteiger partial charge in [-0.05, 0) is 6.92 Å². The largest absolute Gasteiger partial charge is 0.342 e. The number of aromatic nitrogens is 4. The van der Waals surface area contributed by atoms with E-state index in [1.54, 1.807) is 18.6 Å². The van der Waals surface area contributed by atoms with Crippen molar-refractivity contribution in [3.63, 3.8) is 0 Å². The molecule has 0 radical (unpaired) electrons. The van der Waals surface area contributed by atoms with Crippen LogP contribution in [0.5, 0.6) is 0 Å². The maximum atomic E-state index is 4.20. The maximum Gasteiger partial charge on any atom is 0.176 e. The number of hydrogen-bond acceptors (Lipinski definition) is 2. The lowest BCUT2D eigenvalue weighted by atomic mass is 10.5. The number of nitrogens with one attached hydrogen (secondary N) is 1. The molecule has 0 atom stereocenters. The van der Waals surface area contributed by atoms with Crippen molar-refractivity contribution in [3.05, 3.63) is 24.8 Å². The van der Waals surface area contributed by atoms with Crippen molar-refractivity contribution in [2.75, 3.05) is 0 Å². The molecular weight excluding hydrogens is 152 g/mol. The molecule has 2 aromatic rings. The Morgan fingerprint density at radius 3 is 3.00 bits per heavy atom. The van der Waals surface area contributed by atoms with Gasteiger partial charge in [0.15, 0.2) is 11.6 Å². The Bertz CT molecular complexity index is 347. The van der Waals surface area contributed by atoms with E-state index >= 15 is 0 Å². The van der Waals surface area contributed by atoms with Crippen LogP contribution in [-0.2, 0) is 6.54 Å². The highest BCUT2D eigenvalue weighted by atomic mass is 15.1. The second-order valence-electron chi connectivity index (χ2n) is 2.47. The van der Waals surface area contributed by atoms with Crippen LogP contribution in [0.1, 0.15) is 6.92 Å². The summed E-state index contributed by atoms with van der Waals surface area (Å²) in [7, 11) is 0. The third-order valence-electron chi connectivity index (χ3n) is 1.77. The first kappa shape index (κ1) is 7.09. The summed E-state index contributed by atoms with van der Waals surface area (Å²) in [5, 5.41) is 0. The summed E-state index contributed by atoms with van der Waals surface area (Å²) < 4.78 is 2.04. The molecule has 2 rings (SSSR count). The third-order valence-corrected chi connectivity index (χ3v) is 1.77. The molecule has 12 heavy (non-hydrogen) atoms. The van der Waals surface area contributed by atoms with E-state index in [1.807, 2.05) is 10.8 Å². The molecule has 0 amide bonds. The molecular formula is C8H10N4. The van der Waals surface area contributed by atoms with Crippen molar-refractivity contribution in [2.45, 2.75) is 13.5 Å². The van der Waals surface area contributed by atoms with Crippen LogP contribution < -0.4 is 0 Å². The van der Waals surface area contributed by atoms with E-state index in [4.69, 9.17) is 0 Å². The first-order chi connectivity index (χ1) is 5.92. The van der Waals surface area contributed by atoms with Crippen molar-refractivity contribution < 1.29 is 0 Å². The Kier molecular flexibility index (Phi) is 1.66. The van der Waals surface area contributed by atoms with Gasteiger partial charge in [-0.3, -0.25) is 0 Å². The van der Waals surface area contributed by atoms with E-state index in [-0.39, 0.29) is 0 Å². The molecule has 0 aliphatic heterocycles. The van der Waals surface area contributed by atoms with E-state index in [2.05, 4.69) is 21.9 Å². The number of rotatable bonds is 2. The lowest BCUT2D eigenvalue weighted by Gasteiger charge is -1.99. The monoisotopic (exact) mass is 162 g/mol. The zero-order chi connectivity index (χ0) is 8.39. The predicted molar refractivity (Wildman–Crippen MR) is 45.5 cm³/mol. The first-order valence-corrected chi connectivity index (χ1v) is 3.92. The third kappa shape index (κ3) is 1.01. The number of imidazole rings is 2. The molecule has 0 aromatic carbocycles. The molecule has 2 aromatic heterocycles. The summed E-state index contributed by atoms with van der Waals surface area (Å²) in [6, 6.07) is 0. The van der Waals surface area contributed by atoms with Gasteiger partial charge >= 0.3 is 0 Å². The molecule has 2 heterocycles. The number of H-pyrrole nitrogens is 1. The summed E-state index contributed by atoms with van der Waals surface area (Å²) in [5.74, 6) is 1.71. The van der Waals surface area contributed by atoms with Gasteiger partial charge in [-0.25, -0.2) is 9.97 Å². The van der Waals surface area contributed by atoms with E-state index in [1.165, 1.54) is 0 Å². The molecule has 0 saturated carbocycles. The molecule has 1 N–H and O–H groups in total. The van der Waals surface area contributed by atoms with Gasteiger partial charge in [0.1, 0.15) is 0 Å². The normalized spacial score (nSPS) is 10.4. The van der Waals surface area contributed by atoms with Crippen LogP contribution in [0.2, 0.25) is 0 Å². The smallest absolute Gasteiger partial charge is 0.176 e. The van der Waals surface area contributed by atoms with Crippen LogP contribution in [0.25, 0.3) is 11.6 Å². The molecule has 0 spiro atoms. The fourth-order valence-electron chi connectivity index (χ4n) is 1.17. The number of nitrogens with zero attached hydrogens (tertiary/aromatic N) is 3. The minimum absolute atomic E-state index is 0.821. The van der Waals surface area contributed by atoms with Crippen LogP contribution in [0.4, 0.5) is 0 Å². The highest BCUT2D eigenvalue weighted by Gasteiger charge is 2.04. The second kappa shape index (κ2) is 2.81. The molecule has 62 valence electrons. The average molecular weight is 162 g/mol. The predicted octanol–water partition coefficient (Wildman–Crippen LogP) is 1.29.